The maximum absolute atomic E-state index is 12.8. The Hall–Kier alpha value is -3.64. The average Bonchev–Trinajstić information content (AvgIpc) is 3.46. The zero-order valence-corrected chi connectivity index (χ0v) is 17.1. The topological polar surface area (TPSA) is 131 Å². The lowest BCUT2D eigenvalue weighted by molar-refractivity contribution is 0.102. The van der Waals surface area contributed by atoms with E-state index in [4.69, 9.17) is 4.42 Å². The fraction of sp³-hybridized carbons (Fsp3) is 0.0556. The highest BCUT2D eigenvalue weighted by Gasteiger charge is 2.22. The molecule has 1 N–H and O–H groups in total. The summed E-state index contributed by atoms with van der Waals surface area (Å²) in [6, 6.07) is 14.1. The van der Waals surface area contributed by atoms with Crippen LogP contribution in [-0.2, 0) is 10.0 Å². The fourth-order valence-electron chi connectivity index (χ4n) is 2.52. The van der Waals surface area contributed by atoms with Gasteiger partial charge in [0.05, 0.1) is 10.6 Å². The van der Waals surface area contributed by atoms with Crippen molar-refractivity contribution in [2.75, 3.05) is 16.7 Å². The number of anilines is 2. The Morgan fingerprint density at radius 3 is 2.43 bits per heavy atom. The van der Waals surface area contributed by atoms with Crippen LogP contribution in [0, 0.1) is 0 Å². The molecule has 1 amide bonds. The summed E-state index contributed by atoms with van der Waals surface area (Å²) in [7, 11) is -2.30. The van der Waals surface area contributed by atoms with Crippen molar-refractivity contribution in [2.24, 2.45) is 0 Å². The number of hydrogen-bond acceptors (Lipinski definition) is 9. The Labute approximate surface area is 175 Å². The molecule has 0 saturated carbocycles. The molecule has 0 aliphatic heterocycles. The van der Waals surface area contributed by atoms with E-state index in [1.807, 2.05) is 0 Å². The highest BCUT2D eigenvalue weighted by atomic mass is 32.2. The van der Waals surface area contributed by atoms with Gasteiger partial charge in [0.1, 0.15) is 0 Å². The molecule has 0 spiro atoms. The third-order valence-corrected chi connectivity index (χ3v) is 6.42. The predicted molar refractivity (Wildman–Crippen MR) is 110 cm³/mol. The molecule has 0 fully saturated rings. The summed E-state index contributed by atoms with van der Waals surface area (Å²) in [6.45, 7) is 0. The smallest absolute Gasteiger partial charge is 0.322 e. The Morgan fingerprint density at radius 2 is 1.77 bits per heavy atom. The summed E-state index contributed by atoms with van der Waals surface area (Å²) in [5, 5.41) is 15.4. The Kier molecular flexibility index (Phi) is 5.25. The number of carbonyl (C=O) groups is 1. The Morgan fingerprint density at radius 1 is 1.03 bits per heavy atom. The first-order chi connectivity index (χ1) is 14.4. The molecule has 152 valence electrons. The number of rotatable bonds is 6. The van der Waals surface area contributed by atoms with Crippen molar-refractivity contribution < 1.29 is 17.6 Å². The first-order valence-electron chi connectivity index (χ1n) is 8.51. The van der Waals surface area contributed by atoms with Gasteiger partial charge >= 0.3 is 6.01 Å². The van der Waals surface area contributed by atoms with E-state index in [-0.39, 0.29) is 22.4 Å². The van der Waals surface area contributed by atoms with Gasteiger partial charge in [-0.1, -0.05) is 27.8 Å². The third kappa shape index (κ3) is 3.90. The first-order valence-corrected chi connectivity index (χ1v) is 10.8. The summed E-state index contributed by atoms with van der Waals surface area (Å²) in [6.07, 6.45) is 0. The van der Waals surface area contributed by atoms with Gasteiger partial charge in [-0.15, -0.1) is 10.2 Å². The monoisotopic (exact) mass is 442 g/mol. The minimum absolute atomic E-state index is 0.0570. The van der Waals surface area contributed by atoms with Crippen molar-refractivity contribution in [2.45, 2.75) is 4.90 Å². The molecular weight excluding hydrogens is 428 g/mol. The van der Waals surface area contributed by atoms with Crippen molar-refractivity contribution in [1.29, 1.82) is 0 Å². The van der Waals surface area contributed by atoms with Crippen LogP contribution in [0.3, 0.4) is 0 Å². The van der Waals surface area contributed by atoms with E-state index >= 15 is 0 Å². The van der Waals surface area contributed by atoms with Crippen LogP contribution >= 0.6 is 11.5 Å². The summed E-state index contributed by atoms with van der Waals surface area (Å²) in [4.78, 5) is 12.5. The second-order valence-electron chi connectivity index (χ2n) is 5.99. The highest BCUT2D eigenvalue weighted by Crippen LogP contribution is 2.22. The van der Waals surface area contributed by atoms with Gasteiger partial charge in [0.25, 0.3) is 21.8 Å². The number of aromatic nitrogens is 4. The molecule has 4 rings (SSSR count). The number of sulfonamides is 1. The lowest BCUT2D eigenvalue weighted by Gasteiger charge is -2.19. The number of hydrogen-bond donors (Lipinski definition) is 1. The predicted octanol–water partition coefficient (Wildman–Crippen LogP) is 2.67. The Balaban J connectivity index is 1.48. The maximum atomic E-state index is 12.8. The zero-order chi connectivity index (χ0) is 21.1. The van der Waals surface area contributed by atoms with E-state index in [2.05, 4.69) is 25.1 Å². The van der Waals surface area contributed by atoms with Gasteiger partial charge in [-0.3, -0.25) is 14.4 Å². The van der Waals surface area contributed by atoms with Crippen LogP contribution in [0.15, 0.2) is 69.3 Å². The Bertz CT molecular complexity index is 1260. The van der Waals surface area contributed by atoms with Crippen LogP contribution in [0.1, 0.15) is 10.4 Å². The lowest BCUT2D eigenvalue weighted by Crippen LogP contribution is -2.26. The van der Waals surface area contributed by atoms with Crippen molar-refractivity contribution in [3.8, 4) is 11.6 Å². The summed E-state index contributed by atoms with van der Waals surface area (Å²) in [5.74, 6) is -0.397. The van der Waals surface area contributed by atoms with Crippen LogP contribution in [0.5, 0.6) is 0 Å². The molecule has 2 heterocycles. The number of benzene rings is 2. The van der Waals surface area contributed by atoms with Crippen LogP contribution in [0.25, 0.3) is 11.6 Å². The van der Waals surface area contributed by atoms with Crippen LogP contribution < -0.4 is 9.62 Å². The summed E-state index contributed by atoms with van der Waals surface area (Å²) in [5.41, 5.74) is 1.17. The van der Waals surface area contributed by atoms with Gasteiger partial charge in [0.2, 0.25) is 0 Å². The van der Waals surface area contributed by atoms with E-state index in [0.717, 1.165) is 11.5 Å². The fourth-order valence-corrected chi connectivity index (χ4v) is 4.14. The molecule has 4 aromatic rings. The first kappa shape index (κ1) is 19.7. The highest BCUT2D eigenvalue weighted by molar-refractivity contribution is 7.92. The van der Waals surface area contributed by atoms with Crippen LogP contribution in [0.2, 0.25) is 0 Å². The molecule has 0 atom stereocenters. The maximum Gasteiger partial charge on any atom is 0.322 e. The molecule has 10 nitrogen and oxygen atoms in total. The second-order valence-corrected chi connectivity index (χ2v) is 8.57. The molecule has 2 aromatic heterocycles. The van der Waals surface area contributed by atoms with Crippen molar-refractivity contribution in [3.05, 3.63) is 65.5 Å². The van der Waals surface area contributed by atoms with Crippen molar-refractivity contribution in [3.63, 3.8) is 0 Å². The number of nitrogens with one attached hydrogen (secondary N) is 1. The molecule has 0 saturated heterocycles. The molecule has 0 aliphatic carbocycles. The van der Waals surface area contributed by atoms with Gasteiger partial charge in [0.15, 0.2) is 5.69 Å². The normalized spacial score (nSPS) is 11.2. The van der Waals surface area contributed by atoms with Gasteiger partial charge in [-0.05, 0) is 47.9 Å². The van der Waals surface area contributed by atoms with E-state index < -0.39 is 15.9 Å². The molecular formula is C18H14N6O4S2. The number of para-hydroxylation sites is 1. The number of carbonyl (C=O) groups excluding carboxylic acids is 1. The zero-order valence-electron chi connectivity index (χ0n) is 15.5. The number of nitrogens with zero attached hydrogens (tertiary/aromatic N) is 5. The molecule has 0 bridgehead atoms. The second kappa shape index (κ2) is 8.00. The minimum atomic E-state index is -3.77. The van der Waals surface area contributed by atoms with Crippen molar-refractivity contribution in [1.82, 2.24) is 19.8 Å². The molecule has 2 aromatic carbocycles. The SMILES string of the molecule is CN(c1ccccc1)S(=O)(=O)c1ccc(C(=O)Nc2nnc(-c3csnn3)o2)cc1. The van der Waals surface area contributed by atoms with Gasteiger partial charge in [-0.2, -0.15) is 0 Å². The van der Waals surface area contributed by atoms with Crippen molar-refractivity contribution >= 4 is 39.2 Å². The quantitative estimate of drug-likeness (QED) is 0.482. The molecule has 0 aliphatic rings. The molecule has 0 unspecified atom stereocenters. The molecule has 0 radical (unpaired) electrons. The third-order valence-electron chi connectivity index (χ3n) is 4.12. The standard InChI is InChI=1S/C18H14N6O4S2/c1-24(13-5-3-2-4-6-13)30(26,27)14-9-7-12(8-10-14)16(25)19-18-22-21-17(28-18)15-11-29-23-20-15/h2-11H,1H3,(H,19,22,25). The summed E-state index contributed by atoms with van der Waals surface area (Å²) < 4.78 is 35.8. The van der Waals surface area contributed by atoms with E-state index in [9.17, 15) is 13.2 Å². The van der Waals surface area contributed by atoms with E-state index in [0.29, 0.717) is 11.4 Å². The van der Waals surface area contributed by atoms with E-state index in [1.165, 1.54) is 35.6 Å². The lowest BCUT2D eigenvalue weighted by atomic mass is 10.2. The van der Waals surface area contributed by atoms with Crippen LogP contribution in [-0.4, -0.2) is 41.2 Å². The van der Waals surface area contributed by atoms with Gasteiger partial charge in [0, 0.05) is 18.0 Å². The average molecular weight is 442 g/mol. The van der Waals surface area contributed by atoms with Gasteiger partial charge in [-0.25, -0.2) is 8.42 Å². The minimum Gasteiger partial charge on any atom is -0.401 e. The molecule has 12 heteroatoms. The van der Waals surface area contributed by atoms with Crippen LogP contribution in [0.4, 0.5) is 11.7 Å². The van der Waals surface area contributed by atoms with E-state index in [1.54, 1.807) is 35.7 Å². The molecule has 30 heavy (non-hydrogen) atoms. The van der Waals surface area contributed by atoms with Gasteiger partial charge < -0.3 is 4.42 Å². The number of amides is 1. The largest absolute Gasteiger partial charge is 0.401 e. The summed E-state index contributed by atoms with van der Waals surface area (Å²) >= 11 is 1.13.